The molecule has 0 aliphatic carbocycles. The Kier molecular flexibility index (Phi) is 6.24. The number of rotatable bonds is 3. The fourth-order valence-corrected chi connectivity index (χ4v) is 5.59. The molecule has 0 fully saturated rings. The van der Waals surface area contributed by atoms with E-state index in [0.29, 0.717) is 5.56 Å². The van der Waals surface area contributed by atoms with Crippen molar-refractivity contribution in [2.24, 2.45) is 0 Å². The lowest BCUT2D eigenvalue weighted by atomic mass is 9.86. The van der Waals surface area contributed by atoms with E-state index in [0.717, 1.165) is 18.2 Å². The maximum Gasteiger partial charge on any atom is 0.166 e. The molecule has 0 aromatic heterocycles. The van der Waals surface area contributed by atoms with Crippen LogP contribution in [0.2, 0.25) is 0 Å². The van der Waals surface area contributed by atoms with Gasteiger partial charge in [0.15, 0.2) is 29.1 Å². The Morgan fingerprint density at radius 2 is 1.17 bits per heavy atom. The molecule has 12 heteroatoms. The van der Waals surface area contributed by atoms with Crippen LogP contribution in [0.15, 0.2) is 48.5 Å². The average Bonchev–Trinajstić information content (AvgIpc) is 2.93. The lowest BCUT2D eigenvalue weighted by Gasteiger charge is -2.34. The van der Waals surface area contributed by atoms with Crippen molar-refractivity contribution in [3.05, 3.63) is 70.8 Å². The van der Waals surface area contributed by atoms with Gasteiger partial charge < -0.3 is 60.5 Å². The largest absolute Gasteiger partial charge is 0.508 e. The molecule has 0 bridgehead atoms. The molecule has 2 heterocycles. The number of aliphatic hydroxyl groups is 2. The Balaban J connectivity index is 1.45. The molecule has 12 nitrogen and oxygen atoms in total. The number of aliphatic hydroxyl groups excluding tert-OH is 2. The van der Waals surface area contributed by atoms with Crippen LogP contribution in [0.3, 0.4) is 0 Å². The van der Waals surface area contributed by atoms with Crippen LogP contribution in [0.25, 0.3) is 11.1 Å². The maximum absolute atomic E-state index is 11.4. The lowest BCUT2D eigenvalue weighted by Crippen LogP contribution is -2.31. The van der Waals surface area contributed by atoms with Crippen LogP contribution in [-0.4, -0.2) is 63.3 Å². The fraction of sp³-hybridized carbons (Fsp3) is 0.200. The van der Waals surface area contributed by atoms with Crippen molar-refractivity contribution in [2.75, 3.05) is 0 Å². The Bertz CT molecular complexity index is 1730. The van der Waals surface area contributed by atoms with Crippen LogP contribution < -0.4 is 9.47 Å². The number of hydrogen-bond acceptors (Lipinski definition) is 12. The minimum Gasteiger partial charge on any atom is -0.508 e. The van der Waals surface area contributed by atoms with Crippen molar-refractivity contribution in [1.29, 1.82) is 0 Å². The maximum atomic E-state index is 11.4. The number of phenols is 8. The predicted molar refractivity (Wildman–Crippen MR) is 144 cm³/mol. The highest BCUT2D eigenvalue weighted by Crippen LogP contribution is 2.55. The second-order valence-electron chi connectivity index (χ2n) is 10.3. The number of fused-ring (bicyclic) bond motifs is 2. The summed E-state index contributed by atoms with van der Waals surface area (Å²) in [6, 6.07) is 9.83. The van der Waals surface area contributed by atoms with Crippen molar-refractivity contribution < 1.29 is 60.5 Å². The summed E-state index contributed by atoms with van der Waals surface area (Å²) in [5.41, 5.74) is 0.0577. The first-order chi connectivity index (χ1) is 19.9. The number of hydrogen-bond donors (Lipinski definition) is 10. The molecule has 0 radical (unpaired) electrons. The first kappa shape index (κ1) is 27.0. The van der Waals surface area contributed by atoms with Gasteiger partial charge in [-0.25, -0.2) is 0 Å². The summed E-state index contributed by atoms with van der Waals surface area (Å²) in [6.45, 7) is 0. The zero-order valence-electron chi connectivity index (χ0n) is 21.6. The molecular weight excluding hydrogens is 552 g/mol. The van der Waals surface area contributed by atoms with E-state index < -0.39 is 53.2 Å². The van der Waals surface area contributed by atoms with E-state index in [2.05, 4.69) is 0 Å². The van der Waals surface area contributed by atoms with E-state index in [1.807, 2.05) is 0 Å². The van der Waals surface area contributed by atoms with Crippen LogP contribution in [0.1, 0.15) is 34.5 Å². The summed E-state index contributed by atoms with van der Waals surface area (Å²) >= 11 is 0. The quantitative estimate of drug-likeness (QED) is 0.159. The van der Waals surface area contributed by atoms with Crippen LogP contribution in [0.5, 0.6) is 57.5 Å². The van der Waals surface area contributed by atoms with Gasteiger partial charge in [0.2, 0.25) is 0 Å². The molecule has 6 rings (SSSR count). The fourth-order valence-electron chi connectivity index (χ4n) is 5.59. The molecule has 42 heavy (non-hydrogen) atoms. The Labute approximate surface area is 237 Å². The van der Waals surface area contributed by atoms with E-state index >= 15 is 0 Å². The minimum absolute atomic E-state index is 0.00774. The van der Waals surface area contributed by atoms with Crippen molar-refractivity contribution in [1.82, 2.24) is 0 Å². The van der Waals surface area contributed by atoms with Gasteiger partial charge in [0.05, 0.1) is 17.8 Å². The number of ether oxygens (including phenoxy) is 2. The van der Waals surface area contributed by atoms with Gasteiger partial charge in [0, 0.05) is 53.3 Å². The molecule has 4 atom stereocenters. The topological polar surface area (TPSA) is 221 Å². The molecule has 0 saturated carbocycles. The first-order valence-corrected chi connectivity index (χ1v) is 12.8. The molecule has 2 aliphatic heterocycles. The molecule has 10 N–H and O–H groups in total. The van der Waals surface area contributed by atoms with E-state index in [-0.39, 0.29) is 69.4 Å². The van der Waals surface area contributed by atoms with Crippen molar-refractivity contribution in [2.45, 2.75) is 37.3 Å². The zero-order valence-corrected chi connectivity index (χ0v) is 21.6. The lowest BCUT2D eigenvalue weighted by molar-refractivity contribution is 0.0194. The van der Waals surface area contributed by atoms with Gasteiger partial charge in [0.1, 0.15) is 40.6 Å². The van der Waals surface area contributed by atoms with Crippen LogP contribution in [0.4, 0.5) is 0 Å². The highest BCUT2D eigenvalue weighted by atomic mass is 16.5. The third kappa shape index (κ3) is 4.24. The Morgan fingerprint density at radius 1 is 0.524 bits per heavy atom. The van der Waals surface area contributed by atoms with Crippen molar-refractivity contribution >= 4 is 0 Å². The summed E-state index contributed by atoms with van der Waals surface area (Å²) in [5, 5.41) is 105. The Hall–Kier alpha value is -5.20. The SMILES string of the molecule is Oc1cc(O)c2c(c1)OC(c1ccc(O)c(O)c1-c1c(O)cc3c(c1O)CC(O)C(c1ccc(O)c(O)c1)O3)C(O)C2. The van der Waals surface area contributed by atoms with Crippen molar-refractivity contribution in [3.8, 4) is 68.6 Å². The normalized spacial score (nSPS) is 21.1. The molecule has 0 spiro atoms. The van der Waals surface area contributed by atoms with Gasteiger partial charge >= 0.3 is 0 Å². The molecule has 218 valence electrons. The predicted octanol–water partition coefficient (Wildman–Crippen LogP) is 3.07. The minimum atomic E-state index is -1.30. The highest BCUT2D eigenvalue weighted by molar-refractivity contribution is 5.87. The smallest absolute Gasteiger partial charge is 0.166 e. The standard InChI is InChI=1S/C30H26O12/c31-12-6-18(34)14-8-22(38)30(42-23(14)7-12)13-2-4-17(33)28(40)25(13)26-20(36)10-24-15(27(26)39)9-21(37)29(41-24)11-1-3-16(32)19(35)5-11/h1-7,10,21-22,29-40H,8-9H2. The second kappa shape index (κ2) is 9.72. The number of phenolic OH excluding ortho intramolecular Hbond substituents is 8. The van der Waals surface area contributed by atoms with E-state index in [4.69, 9.17) is 9.47 Å². The van der Waals surface area contributed by atoms with Gasteiger partial charge in [-0.15, -0.1) is 0 Å². The number of benzene rings is 4. The molecule has 4 unspecified atom stereocenters. The summed E-state index contributed by atoms with van der Waals surface area (Å²) in [6.07, 6.45) is -5.12. The van der Waals surface area contributed by atoms with Gasteiger partial charge in [-0.1, -0.05) is 12.1 Å². The van der Waals surface area contributed by atoms with E-state index in [9.17, 15) is 51.1 Å². The third-order valence-electron chi connectivity index (χ3n) is 7.62. The molecule has 4 aromatic carbocycles. The average molecular weight is 579 g/mol. The van der Waals surface area contributed by atoms with Gasteiger partial charge in [-0.2, -0.15) is 0 Å². The number of aromatic hydroxyl groups is 8. The van der Waals surface area contributed by atoms with E-state index in [1.54, 1.807) is 0 Å². The third-order valence-corrected chi connectivity index (χ3v) is 7.62. The molecule has 0 amide bonds. The summed E-state index contributed by atoms with van der Waals surface area (Å²) in [7, 11) is 0. The van der Waals surface area contributed by atoms with Crippen molar-refractivity contribution in [3.63, 3.8) is 0 Å². The van der Waals surface area contributed by atoms with Crippen LogP contribution in [-0.2, 0) is 12.8 Å². The molecular formula is C30H26O12. The Morgan fingerprint density at radius 3 is 1.90 bits per heavy atom. The van der Waals surface area contributed by atoms with Crippen LogP contribution >= 0.6 is 0 Å². The molecule has 4 aromatic rings. The highest BCUT2D eigenvalue weighted by Gasteiger charge is 2.38. The van der Waals surface area contributed by atoms with Gasteiger partial charge in [0.25, 0.3) is 0 Å². The molecule has 2 aliphatic rings. The van der Waals surface area contributed by atoms with Crippen LogP contribution in [0, 0.1) is 0 Å². The van der Waals surface area contributed by atoms with Gasteiger partial charge in [-0.05, 0) is 23.8 Å². The van der Waals surface area contributed by atoms with E-state index in [1.165, 1.54) is 30.3 Å². The monoisotopic (exact) mass is 578 g/mol. The summed E-state index contributed by atoms with van der Waals surface area (Å²) in [5.74, 6) is -3.84. The molecule has 0 saturated heterocycles. The second-order valence-corrected chi connectivity index (χ2v) is 10.3. The summed E-state index contributed by atoms with van der Waals surface area (Å²) in [4.78, 5) is 0. The summed E-state index contributed by atoms with van der Waals surface area (Å²) < 4.78 is 11.8. The first-order valence-electron chi connectivity index (χ1n) is 12.8. The van der Waals surface area contributed by atoms with Gasteiger partial charge in [-0.3, -0.25) is 0 Å². The zero-order chi connectivity index (χ0) is 30.0.